The number of amides is 1. The second-order valence-electron chi connectivity index (χ2n) is 7.40. The van der Waals surface area contributed by atoms with Gasteiger partial charge in [-0.2, -0.15) is 0 Å². The van der Waals surface area contributed by atoms with Gasteiger partial charge < -0.3 is 15.4 Å². The second-order valence-corrected chi connectivity index (χ2v) is 7.40. The number of aldehydes is 2. The summed E-state index contributed by atoms with van der Waals surface area (Å²) in [6.45, 7) is 2.35. The molecule has 162 valence electrons. The number of hydrogen-bond donors (Lipinski definition) is 2. The van der Waals surface area contributed by atoms with E-state index in [0.717, 1.165) is 35.7 Å². The summed E-state index contributed by atoms with van der Waals surface area (Å²) in [5.41, 5.74) is 1.77. The Bertz CT molecular complexity index is 707. The highest BCUT2D eigenvalue weighted by Gasteiger charge is 2.18. The first-order valence-corrected chi connectivity index (χ1v) is 10.5. The Morgan fingerprint density at radius 1 is 0.933 bits per heavy atom. The van der Waals surface area contributed by atoms with E-state index in [9.17, 15) is 14.4 Å². The molecular formula is C25H34N2O3. The lowest BCUT2D eigenvalue weighted by Crippen LogP contribution is -2.34. The minimum Gasteiger partial charge on any atom is -0.349 e. The lowest BCUT2D eigenvalue weighted by Gasteiger charge is -2.27. The summed E-state index contributed by atoms with van der Waals surface area (Å²) in [5, 5.41) is 5.79. The first-order chi connectivity index (χ1) is 14.6. The quantitative estimate of drug-likeness (QED) is 0.681. The molecule has 0 heterocycles. The van der Waals surface area contributed by atoms with Crippen LogP contribution in [0.5, 0.6) is 0 Å². The van der Waals surface area contributed by atoms with Crippen molar-refractivity contribution in [2.45, 2.75) is 51.1 Å². The van der Waals surface area contributed by atoms with E-state index in [-0.39, 0.29) is 0 Å². The standard InChI is InChI=1S/C10H11NO2.C8H17N.C7H6O/c12-7-10(11-8-13)6-9-4-2-1-3-5-9;1-7-5-3-4-6-8(7)9-2;8-6-7-4-2-1-3-5-7/h1-5,7-8,10H,6H2,(H,11,13);7-9H,3-6H2,1-2H3;1-6H/t10-;;/m0../s1. The molecule has 1 saturated carbocycles. The van der Waals surface area contributed by atoms with E-state index in [1.165, 1.54) is 25.7 Å². The van der Waals surface area contributed by atoms with Crippen LogP contribution >= 0.6 is 0 Å². The van der Waals surface area contributed by atoms with Crippen LogP contribution in [0.15, 0.2) is 60.7 Å². The Morgan fingerprint density at radius 2 is 1.53 bits per heavy atom. The predicted molar refractivity (Wildman–Crippen MR) is 122 cm³/mol. The van der Waals surface area contributed by atoms with Crippen molar-refractivity contribution in [3.63, 3.8) is 0 Å². The van der Waals surface area contributed by atoms with Crippen molar-refractivity contribution in [3.05, 3.63) is 71.8 Å². The van der Waals surface area contributed by atoms with Crippen LogP contribution in [0.3, 0.4) is 0 Å². The van der Waals surface area contributed by atoms with Crippen LogP contribution in [0.1, 0.15) is 48.5 Å². The van der Waals surface area contributed by atoms with E-state index < -0.39 is 6.04 Å². The van der Waals surface area contributed by atoms with Gasteiger partial charge in [0.15, 0.2) is 0 Å². The Balaban J connectivity index is 0.000000234. The van der Waals surface area contributed by atoms with Gasteiger partial charge in [-0.1, -0.05) is 80.4 Å². The largest absolute Gasteiger partial charge is 0.349 e. The zero-order valence-electron chi connectivity index (χ0n) is 18.0. The number of hydrogen-bond acceptors (Lipinski definition) is 4. The summed E-state index contributed by atoms with van der Waals surface area (Å²) in [6.07, 6.45) is 8.34. The molecule has 0 saturated heterocycles. The Labute approximate surface area is 180 Å². The average molecular weight is 411 g/mol. The predicted octanol–water partition coefficient (Wildman–Crippen LogP) is 3.83. The molecule has 1 aliphatic carbocycles. The summed E-state index contributed by atoms with van der Waals surface area (Å²) < 4.78 is 0. The smallest absolute Gasteiger partial charge is 0.207 e. The molecule has 0 aromatic heterocycles. The molecule has 1 aliphatic rings. The van der Waals surface area contributed by atoms with E-state index in [1.54, 1.807) is 12.1 Å². The van der Waals surface area contributed by atoms with Gasteiger partial charge >= 0.3 is 0 Å². The summed E-state index contributed by atoms with van der Waals surface area (Å²) >= 11 is 0. The average Bonchev–Trinajstić information content (AvgIpc) is 2.81. The molecule has 0 aliphatic heterocycles. The van der Waals surface area contributed by atoms with Crippen LogP contribution in [-0.4, -0.2) is 38.1 Å². The highest BCUT2D eigenvalue weighted by atomic mass is 16.1. The monoisotopic (exact) mass is 410 g/mol. The van der Waals surface area contributed by atoms with E-state index in [1.807, 2.05) is 48.5 Å². The van der Waals surface area contributed by atoms with Crippen molar-refractivity contribution in [1.82, 2.24) is 10.6 Å². The molecule has 1 fully saturated rings. The normalized spacial score (nSPS) is 18.3. The SMILES string of the molecule is CNC1CCCCC1C.O=CN[C@H](C=O)Cc1ccccc1.O=Cc1ccccc1. The van der Waals surface area contributed by atoms with Crippen molar-refractivity contribution >= 4 is 19.0 Å². The molecule has 5 nitrogen and oxygen atoms in total. The third-order valence-corrected chi connectivity index (χ3v) is 5.16. The van der Waals surface area contributed by atoms with E-state index in [2.05, 4.69) is 24.6 Å². The summed E-state index contributed by atoms with van der Waals surface area (Å²) in [7, 11) is 2.08. The van der Waals surface area contributed by atoms with Crippen LogP contribution in [0.4, 0.5) is 0 Å². The van der Waals surface area contributed by atoms with Crippen molar-refractivity contribution in [1.29, 1.82) is 0 Å². The van der Waals surface area contributed by atoms with Gasteiger partial charge in [-0.25, -0.2) is 0 Å². The third-order valence-electron chi connectivity index (χ3n) is 5.16. The van der Waals surface area contributed by atoms with Crippen molar-refractivity contribution in [2.24, 2.45) is 5.92 Å². The van der Waals surface area contributed by atoms with Crippen LogP contribution in [-0.2, 0) is 16.0 Å². The maximum absolute atomic E-state index is 10.5. The number of carbonyl (C=O) groups is 3. The van der Waals surface area contributed by atoms with Crippen molar-refractivity contribution in [3.8, 4) is 0 Å². The topological polar surface area (TPSA) is 75.3 Å². The van der Waals surface area contributed by atoms with Crippen molar-refractivity contribution < 1.29 is 14.4 Å². The highest BCUT2D eigenvalue weighted by molar-refractivity contribution is 5.74. The number of carbonyl (C=O) groups excluding carboxylic acids is 3. The Kier molecular flexibility index (Phi) is 13.5. The number of nitrogens with one attached hydrogen (secondary N) is 2. The highest BCUT2D eigenvalue weighted by Crippen LogP contribution is 2.22. The van der Waals surface area contributed by atoms with E-state index in [0.29, 0.717) is 12.8 Å². The Hall–Kier alpha value is -2.79. The van der Waals surface area contributed by atoms with Crippen LogP contribution in [0.25, 0.3) is 0 Å². The van der Waals surface area contributed by atoms with E-state index in [4.69, 9.17) is 0 Å². The maximum atomic E-state index is 10.5. The number of benzene rings is 2. The summed E-state index contributed by atoms with van der Waals surface area (Å²) in [5.74, 6) is 0.906. The fourth-order valence-corrected chi connectivity index (χ4v) is 3.38. The molecule has 2 N–H and O–H groups in total. The lowest BCUT2D eigenvalue weighted by molar-refractivity contribution is -0.115. The van der Waals surface area contributed by atoms with Crippen LogP contribution in [0, 0.1) is 5.92 Å². The van der Waals surface area contributed by atoms with Crippen molar-refractivity contribution in [2.75, 3.05) is 7.05 Å². The molecule has 2 aromatic carbocycles. The van der Waals surface area contributed by atoms with Crippen LogP contribution < -0.4 is 10.6 Å². The molecule has 0 radical (unpaired) electrons. The third kappa shape index (κ3) is 10.7. The minimum absolute atomic E-state index is 0.417. The lowest BCUT2D eigenvalue weighted by atomic mass is 9.86. The van der Waals surface area contributed by atoms with Gasteiger partial charge in [0.2, 0.25) is 6.41 Å². The molecule has 5 heteroatoms. The number of rotatable bonds is 7. The molecule has 30 heavy (non-hydrogen) atoms. The minimum atomic E-state index is -0.417. The van der Waals surface area contributed by atoms with Crippen LogP contribution in [0.2, 0.25) is 0 Å². The molecule has 3 atom stereocenters. The van der Waals surface area contributed by atoms with Gasteiger partial charge in [-0.15, -0.1) is 0 Å². The molecule has 3 rings (SSSR count). The second kappa shape index (κ2) is 16.1. The fourth-order valence-electron chi connectivity index (χ4n) is 3.38. The summed E-state index contributed by atoms with van der Waals surface area (Å²) in [6, 6.07) is 19.0. The van der Waals surface area contributed by atoms with Gasteiger partial charge in [0.05, 0.1) is 6.04 Å². The first-order valence-electron chi connectivity index (χ1n) is 10.5. The zero-order chi connectivity index (χ0) is 22.0. The molecule has 0 bridgehead atoms. The summed E-state index contributed by atoms with van der Waals surface area (Å²) in [4.78, 5) is 30.6. The van der Waals surface area contributed by atoms with E-state index >= 15 is 0 Å². The van der Waals surface area contributed by atoms with Gasteiger partial charge in [0.1, 0.15) is 12.6 Å². The molecule has 1 amide bonds. The molecule has 2 aromatic rings. The van der Waals surface area contributed by atoms with Gasteiger partial charge in [0.25, 0.3) is 0 Å². The molecule has 0 spiro atoms. The van der Waals surface area contributed by atoms with Gasteiger partial charge in [-0.3, -0.25) is 9.59 Å². The zero-order valence-corrected chi connectivity index (χ0v) is 18.0. The molecular weight excluding hydrogens is 376 g/mol. The van der Waals surface area contributed by atoms with Gasteiger partial charge in [-0.05, 0) is 37.8 Å². The van der Waals surface area contributed by atoms with Gasteiger partial charge in [0, 0.05) is 11.6 Å². The molecule has 2 unspecified atom stereocenters. The fraction of sp³-hybridized carbons (Fsp3) is 0.400. The maximum Gasteiger partial charge on any atom is 0.207 e. The first kappa shape index (κ1) is 25.2. The Morgan fingerprint density at radius 3 is 1.97 bits per heavy atom.